The summed E-state index contributed by atoms with van der Waals surface area (Å²) in [5.41, 5.74) is 0. The number of hydrogen-bond donors (Lipinski definition) is 4. The van der Waals surface area contributed by atoms with Crippen LogP contribution in [0.5, 0.6) is 0 Å². The molecular weight excluding hydrogens is 1360 g/mol. The van der Waals surface area contributed by atoms with Crippen LogP contribution in [-0.4, -0.2) is 95.9 Å². The van der Waals surface area contributed by atoms with Gasteiger partial charge in [0.1, 0.15) is 25.4 Å². The highest BCUT2D eigenvalue weighted by Crippen LogP contribution is 2.45. The summed E-state index contributed by atoms with van der Waals surface area (Å²) in [5, 5.41) is 20.7. The number of carbonyl (C=O) groups excluding carboxylic acids is 3. The highest BCUT2D eigenvalue weighted by atomic mass is 31.2. The first-order valence-electron chi connectivity index (χ1n) is 40.8. The second kappa shape index (κ2) is 78.7. The summed E-state index contributed by atoms with van der Waals surface area (Å²) in [4.78, 5) is 58.7. The molecule has 4 N–H and O–H groups in total. The molecule has 105 heavy (non-hydrogen) atoms. The molecule has 0 aliphatic carbocycles. The average molecular weight is 1510 g/mol. The Labute approximate surface area is 638 Å². The monoisotopic (exact) mass is 1510 g/mol. The van der Waals surface area contributed by atoms with Crippen molar-refractivity contribution in [3.63, 3.8) is 0 Å². The van der Waals surface area contributed by atoms with Crippen molar-refractivity contribution in [1.82, 2.24) is 0 Å². The van der Waals surface area contributed by atoms with Crippen LogP contribution in [0, 0.1) is 0 Å². The Bertz CT molecular complexity index is 2540. The minimum atomic E-state index is -4.94. The molecule has 0 aromatic carbocycles. The number of unbranched alkanes of at least 4 members (excludes halogenated alkanes) is 27. The van der Waals surface area contributed by atoms with Crippen molar-refractivity contribution in [3.8, 4) is 0 Å². The lowest BCUT2D eigenvalue weighted by molar-refractivity contribution is -0.161. The Morgan fingerprint density at radius 2 is 0.476 bits per heavy atom. The Balaban J connectivity index is 4.44. The Morgan fingerprint density at radius 1 is 0.267 bits per heavy atom. The molecule has 0 aliphatic heterocycles. The fraction of sp³-hybridized carbons (Fsp3) is 0.667. The number of aliphatic hydroxyl groups excluding tert-OH is 2. The number of carbonyl (C=O) groups is 3. The van der Waals surface area contributed by atoms with Gasteiger partial charge in [-0.2, -0.15) is 0 Å². The van der Waals surface area contributed by atoms with Crippen LogP contribution in [0.1, 0.15) is 316 Å². The van der Waals surface area contributed by atoms with Gasteiger partial charge in [0.05, 0.1) is 26.4 Å². The molecule has 0 aromatic rings. The Kier molecular flexibility index (Phi) is 75.1. The first-order valence-corrected chi connectivity index (χ1v) is 43.8. The molecule has 0 aromatic heterocycles. The van der Waals surface area contributed by atoms with Crippen molar-refractivity contribution in [1.29, 1.82) is 0 Å². The van der Waals surface area contributed by atoms with Crippen LogP contribution in [0.2, 0.25) is 0 Å². The number of aliphatic hydroxyl groups is 2. The molecule has 5 unspecified atom stereocenters. The third kappa shape index (κ3) is 80.0. The van der Waals surface area contributed by atoms with E-state index in [4.69, 9.17) is 32.3 Å². The number of hydrogen-bond acceptors (Lipinski definition) is 14. The molecule has 0 spiro atoms. The minimum absolute atomic E-state index is 0.0840. The molecule has 18 heteroatoms. The van der Waals surface area contributed by atoms with Gasteiger partial charge in [-0.15, -0.1) is 0 Å². The van der Waals surface area contributed by atoms with E-state index in [2.05, 4.69) is 179 Å². The highest BCUT2D eigenvalue weighted by Gasteiger charge is 2.29. The van der Waals surface area contributed by atoms with Gasteiger partial charge < -0.3 is 34.2 Å². The fourth-order valence-corrected chi connectivity index (χ4v) is 12.2. The zero-order valence-corrected chi connectivity index (χ0v) is 67.4. The van der Waals surface area contributed by atoms with E-state index in [0.29, 0.717) is 19.3 Å². The molecule has 0 rings (SSSR count). The van der Waals surface area contributed by atoms with Crippen molar-refractivity contribution < 1.29 is 75.8 Å². The number of phosphoric ester groups is 2. The summed E-state index contributed by atoms with van der Waals surface area (Å²) in [7, 11) is -9.81. The van der Waals surface area contributed by atoms with E-state index in [1.54, 1.807) is 0 Å². The Morgan fingerprint density at radius 3 is 0.752 bits per heavy atom. The van der Waals surface area contributed by atoms with Gasteiger partial charge >= 0.3 is 33.6 Å². The zero-order chi connectivity index (χ0) is 76.6. The maximum atomic E-state index is 13.0. The molecule has 0 aliphatic rings. The number of allylic oxidation sites excluding steroid dienone is 26. The van der Waals surface area contributed by atoms with Gasteiger partial charge in [-0.1, -0.05) is 314 Å². The largest absolute Gasteiger partial charge is 0.472 e. The van der Waals surface area contributed by atoms with Gasteiger partial charge in [-0.3, -0.25) is 32.5 Å². The lowest BCUT2D eigenvalue weighted by atomic mass is 10.0. The van der Waals surface area contributed by atoms with Gasteiger partial charge in [0, 0.05) is 19.3 Å². The summed E-state index contributed by atoms with van der Waals surface area (Å²) in [6.07, 6.45) is 98.8. The zero-order valence-electron chi connectivity index (χ0n) is 65.6. The molecule has 0 saturated carbocycles. The van der Waals surface area contributed by atoms with Gasteiger partial charge in [-0.25, -0.2) is 9.13 Å². The van der Waals surface area contributed by atoms with Gasteiger partial charge in [0.2, 0.25) is 0 Å². The van der Waals surface area contributed by atoms with Crippen LogP contribution >= 0.6 is 15.6 Å². The summed E-state index contributed by atoms with van der Waals surface area (Å²) in [5.74, 6) is -1.61. The predicted molar refractivity (Wildman–Crippen MR) is 435 cm³/mol. The molecule has 600 valence electrons. The molecule has 0 fully saturated rings. The molecule has 0 amide bonds. The number of rotatable bonds is 76. The van der Waals surface area contributed by atoms with Gasteiger partial charge in [0.15, 0.2) is 6.10 Å². The van der Waals surface area contributed by atoms with Crippen LogP contribution in [0.15, 0.2) is 158 Å². The molecule has 0 heterocycles. The minimum Gasteiger partial charge on any atom is -0.463 e. The van der Waals surface area contributed by atoms with Crippen molar-refractivity contribution in [2.75, 3.05) is 39.6 Å². The molecular formula is C87H146O16P2. The van der Waals surface area contributed by atoms with E-state index < -0.39 is 91.5 Å². The van der Waals surface area contributed by atoms with E-state index in [-0.39, 0.29) is 19.3 Å². The lowest BCUT2D eigenvalue weighted by Crippen LogP contribution is -2.30. The first kappa shape index (κ1) is 100. The average Bonchev–Trinajstić information content (AvgIpc) is 0.911. The van der Waals surface area contributed by atoms with E-state index in [0.717, 1.165) is 173 Å². The molecule has 0 radical (unpaired) electrons. The quantitative estimate of drug-likeness (QED) is 0.0146. The smallest absolute Gasteiger partial charge is 0.463 e. The molecule has 0 saturated heterocycles. The third-order valence-electron chi connectivity index (χ3n) is 16.7. The standard InChI is InChI=1S/C87H146O16P2/c1-4-7-10-13-16-19-22-25-28-31-32-33-34-35-36-37-38-39-40-41-42-43-44-45-46-47-48-51-53-55-58-61-64-67-70-73-85(90)97-76-82(88)77-99-104(93,94)100-78-83(89)79-101-105(95,96)102-81-84(103-87(92)75-72-69-66-63-60-57-54-50-30-27-24-21-18-15-12-9-6-3)80-98-86(91)74-71-68-65-62-59-56-52-49-29-26-23-20-17-14-11-8-5-2/h7-12,16-21,25-30,32-33,35-36,38-39,52,56,82-84,88-89H,4-6,13-15,22-24,31,34,37,40-51,53-55,57-81H2,1-3H3,(H,93,94)(H,95,96)/b10-7-,11-8-,12-9-,19-16-,20-17-,21-18-,28-25-,29-26-,30-27-,33-32-,36-35-,39-38-,56-52-. The topological polar surface area (TPSA) is 231 Å². The first-order chi connectivity index (χ1) is 51.2. The number of ether oxygens (including phenoxy) is 3. The summed E-state index contributed by atoms with van der Waals surface area (Å²) in [6, 6.07) is 0. The summed E-state index contributed by atoms with van der Waals surface area (Å²) >= 11 is 0. The molecule has 0 bridgehead atoms. The van der Waals surface area contributed by atoms with Crippen LogP contribution in [0.4, 0.5) is 0 Å². The fourth-order valence-electron chi connectivity index (χ4n) is 10.6. The van der Waals surface area contributed by atoms with Gasteiger partial charge in [-0.05, 0) is 141 Å². The van der Waals surface area contributed by atoms with Gasteiger partial charge in [0.25, 0.3) is 0 Å². The Hall–Kier alpha value is -4.83. The molecule has 5 atom stereocenters. The maximum absolute atomic E-state index is 13.0. The van der Waals surface area contributed by atoms with E-state index in [9.17, 15) is 43.5 Å². The van der Waals surface area contributed by atoms with Crippen molar-refractivity contribution in [2.45, 2.75) is 334 Å². The van der Waals surface area contributed by atoms with Crippen LogP contribution in [0.25, 0.3) is 0 Å². The van der Waals surface area contributed by atoms with E-state index >= 15 is 0 Å². The molecule has 16 nitrogen and oxygen atoms in total. The van der Waals surface area contributed by atoms with Crippen LogP contribution in [-0.2, 0) is 55.8 Å². The van der Waals surface area contributed by atoms with Crippen LogP contribution < -0.4 is 0 Å². The number of phosphoric acid groups is 2. The van der Waals surface area contributed by atoms with Crippen molar-refractivity contribution >= 4 is 33.6 Å². The maximum Gasteiger partial charge on any atom is 0.472 e. The van der Waals surface area contributed by atoms with Crippen LogP contribution in [0.3, 0.4) is 0 Å². The van der Waals surface area contributed by atoms with E-state index in [1.807, 2.05) is 0 Å². The second-order valence-corrected chi connectivity index (χ2v) is 29.7. The van der Waals surface area contributed by atoms with Crippen molar-refractivity contribution in [3.05, 3.63) is 158 Å². The van der Waals surface area contributed by atoms with Crippen molar-refractivity contribution in [2.24, 2.45) is 0 Å². The second-order valence-electron chi connectivity index (χ2n) is 26.8. The highest BCUT2D eigenvalue weighted by molar-refractivity contribution is 7.47. The third-order valence-corrected chi connectivity index (χ3v) is 18.6. The van der Waals surface area contributed by atoms with E-state index in [1.165, 1.54) is 83.5 Å². The SMILES string of the molecule is CC/C=C\C/C=C\C/C=C\C/C=C\C/C=C\C/C=C\CCCCCCCCCCCCCCCCCCC(=O)OCC(O)COP(=O)(O)OCC(O)COP(=O)(O)OCC(COC(=O)CCCCCC/C=C\C/C=C\C/C=C\C/C=C\CC)OC(=O)CCCCCCCCC/C=C\C/C=C\C/C=C\CC. The summed E-state index contributed by atoms with van der Waals surface area (Å²) in [6.45, 7) is 2.31. The predicted octanol–water partition coefficient (Wildman–Crippen LogP) is 24.2. The number of esters is 3. The summed E-state index contributed by atoms with van der Waals surface area (Å²) < 4.78 is 61.1. The normalized spacial score (nSPS) is 14.8. The lowest BCUT2D eigenvalue weighted by Gasteiger charge is -2.21.